The van der Waals surface area contributed by atoms with Crippen LogP contribution in [0.25, 0.3) is 5.69 Å². The van der Waals surface area contributed by atoms with Gasteiger partial charge in [-0.25, -0.2) is 19.3 Å². The molecule has 652 valence electrons. The summed E-state index contributed by atoms with van der Waals surface area (Å²) in [7, 11) is 9.01. The minimum atomic E-state index is -1.64. The van der Waals surface area contributed by atoms with Crippen LogP contribution in [-0.4, -0.2) is 208 Å². The normalized spacial score (nSPS) is 19.8. The number of phenols is 1. The molecule has 7 aromatic carbocycles. The number of imide groups is 4. The van der Waals surface area contributed by atoms with Crippen molar-refractivity contribution >= 4 is 98.7 Å². The van der Waals surface area contributed by atoms with E-state index in [0.717, 1.165) is 40.0 Å². The number of urea groups is 2. The van der Waals surface area contributed by atoms with Gasteiger partial charge < -0.3 is 68.7 Å². The Labute approximate surface area is 744 Å². The van der Waals surface area contributed by atoms with E-state index >= 15 is 0 Å². The number of fused-ring (bicyclic) bond motifs is 4. The van der Waals surface area contributed by atoms with Gasteiger partial charge in [0.1, 0.15) is 52.2 Å². The summed E-state index contributed by atoms with van der Waals surface area (Å²) in [6.07, 6.45) is 4.15. The fourth-order valence-electron chi connectivity index (χ4n) is 15.7. The maximum Gasteiger partial charge on any atom is 0.323 e. The number of pyridine rings is 1. The number of hydrogen-bond donors (Lipinski definition) is 7. The van der Waals surface area contributed by atoms with Crippen molar-refractivity contribution in [3.63, 3.8) is 0 Å². The van der Waals surface area contributed by atoms with E-state index < -0.39 is 69.4 Å². The van der Waals surface area contributed by atoms with Crippen LogP contribution < -0.4 is 65.2 Å². The van der Waals surface area contributed by atoms with Crippen LogP contribution in [0.5, 0.6) is 40.5 Å². The number of halogens is 1. The molecule has 0 aliphatic carbocycles. The van der Waals surface area contributed by atoms with E-state index in [1.54, 1.807) is 124 Å². The molecule has 18 rings (SSSR count). The van der Waals surface area contributed by atoms with Crippen molar-refractivity contribution in [2.75, 3.05) is 80.3 Å². The monoisotopic (exact) mass is 1800 g/mol. The van der Waals surface area contributed by atoms with E-state index in [4.69, 9.17) is 28.4 Å². The van der Waals surface area contributed by atoms with Gasteiger partial charge >= 0.3 is 12.1 Å². The molecule has 0 spiro atoms. The lowest BCUT2D eigenvalue weighted by Crippen LogP contribution is -2.54. The van der Waals surface area contributed by atoms with Gasteiger partial charge in [-0.05, 0) is 150 Å². The van der Waals surface area contributed by atoms with Gasteiger partial charge in [-0.3, -0.25) is 74.0 Å². The summed E-state index contributed by atoms with van der Waals surface area (Å²) in [6, 6.07) is 42.1. The van der Waals surface area contributed by atoms with Crippen LogP contribution in [-0.2, 0) is 59.7 Å². The van der Waals surface area contributed by atoms with Gasteiger partial charge in [0.2, 0.25) is 52.4 Å². The number of ether oxygens (including phenoxy) is 6. The molecule has 9 aromatic rings. The average Bonchev–Trinajstić information content (AvgIpc) is 1.63. The summed E-state index contributed by atoms with van der Waals surface area (Å²) < 4.78 is 33.4. The van der Waals surface area contributed by atoms with Crippen LogP contribution in [0.15, 0.2) is 169 Å². The molecule has 129 heavy (non-hydrogen) atoms. The quantitative estimate of drug-likeness (QED) is 0.0350. The maximum absolute atomic E-state index is 13.0. The molecule has 5 saturated heterocycles. The predicted molar refractivity (Wildman–Crippen MR) is 460 cm³/mol. The number of nitrogens with one attached hydrogen (secondary N) is 6. The zero-order valence-electron chi connectivity index (χ0n) is 69.9. The Hall–Kier alpha value is -16.3. The number of aromatic hydroxyl groups is 1. The number of carbonyl (C=O) groups is 13. The Balaban J connectivity index is 0.000000132. The Morgan fingerprint density at radius 3 is 1.25 bits per heavy atom. The maximum atomic E-state index is 13.0. The summed E-state index contributed by atoms with van der Waals surface area (Å²) in [4.78, 5) is 179. The van der Waals surface area contributed by atoms with Gasteiger partial charge in [-0.1, -0.05) is 87.6 Å². The number of phenolic OH excluding ortho intramolecular Hbond substituents is 1. The highest BCUT2D eigenvalue weighted by molar-refractivity contribution is 9.10. The van der Waals surface area contributed by atoms with Crippen LogP contribution in [0.4, 0.5) is 15.3 Å². The molecule has 11 heterocycles. The Morgan fingerprint density at radius 2 is 0.860 bits per heavy atom. The predicted octanol–water partition coefficient (Wildman–Crippen LogP) is 5.62. The van der Waals surface area contributed by atoms with Crippen LogP contribution in [0.3, 0.4) is 0 Å². The number of amides is 15. The van der Waals surface area contributed by atoms with Crippen molar-refractivity contribution in [3.05, 3.63) is 236 Å². The van der Waals surface area contributed by atoms with E-state index in [1.807, 2.05) is 42.5 Å². The lowest BCUT2D eigenvalue weighted by atomic mass is 9.85. The molecule has 0 unspecified atom stereocenters. The Bertz CT molecular complexity index is 6480. The Kier molecular flexibility index (Phi) is 24.7. The molecule has 36 heteroatoms. The van der Waals surface area contributed by atoms with Crippen LogP contribution in [0.2, 0.25) is 0 Å². The van der Waals surface area contributed by atoms with Crippen molar-refractivity contribution in [1.82, 2.24) is 71.2 Å². The molecule has 2 aromatic heterocycles. The molecule has 4 atom stereocenters. The van der Waals surface area contributed by atoms with Gasteiger partial charge in [0, 0.05) is 102 Å². The molecule has 0 radical (unpaired) electrons. The van der Waals surface area contributed by atoms with E-state index in [-0.39, 0.29) is 86.7 Å². The molecule has 9 aliphatic heterocycles. The highest BCUT2D eigenvalue weighted by Crippen LogP contribution is 2.39. The Morgan fingerprint density at radius 1 is 0.434 bits per heavy atom. The van der Waals surface area contributed by atoms with Gasteiger partial charge in [-0.15, -0.1) is 0 Å². The third kappa shape index (κ3) is 18.3. The van der Waals surface area contributed by atoms with Crippen LogP contribution >= 0.6 is 15.9 Å². The van der Waals surface area contributed by atoms with Gasteiger partial charge in [0.15, 0.2) is 0 Å². The van der Waals surface area contributed by atoms with Gasteiger partial charge in [-0.2, -0.15) is 10.1 Å². The summed E-state index contributed by atoms with van der Waals surface area (Å²) in [5, 5.41) is 28.3. The van der Waals surface area contributed by atoms with Crippen molar-refractivity contribution in [1.29, 1.82) is 0 Å². The first-order chi connectivity index (χ1) is 62.0. The third-order valence-electron chi connectivity index (χ3n) is 22.5. The number of methoxy groups -OCH3 is 6. The fourth-order valence-corrected chi connectivity index (χ4v) is 16.1. The summed E-state index contributed by atoms with van der Waals surface area (Å²) in [5.74, 6) is 22.0. The van der Waals surface area contributed by atoms with E-state index in [0.29, 0.717) is 110 Å². The standard InChI is InChI=1S/C26H23N3O5.C23H18N6O4.C22H17BrN2O5.C22H20N4O6/c1-34-20-9-6-18-15-28(24(32)21(18)13-20)16-26(14-22(30)27-25(26)33)11-10-17-4-7-19(8-5-17)29-12-2-3-23(29)31;1-33-18-7-4-16-11-28(20(30)19(16)10-18)12-23(21(31)26-22(32)27-23)9-8-15-2-5-17(6-3-15)29-14-24-13-25-29;1-30-16-4-2-14-11-25(20(28)17(14)9-16)12-22(10-19(27)24-21(22)29)7-6-13-8-15(23)3-5-18(13)26;1-30-15-6-4-14-11-26(19(27)16(14)10-15)12-22(20(28)24-21(29)25-22)9-8-13-5-7-17(31-2)23-18(13)32-3/h4-9,13H,2-3,12,14-16H2,1H3,(H,27,30,33);2-7,10,13-14H,11-12H2,1H3,(H2,26,27,31,32);2-5,8-9,26H,10-12H2,1H3,(H,24,27,29);4-7,10H,11-12H2,1-3H3,(H2,24,25,28,29)/t26-;23-;2*22-/m1111/s1. The smallest absolute Gasteiger partial charge is 0.323 e. The molecule has 9 aliphatic rings. The second-order valence-corrected chi connectivity index (χ2v) is 31.7. The number of aromatic nitrogens is 4. The van der Waals surface area contributed by atoms with Gasteiger partial charge in [0.05, 0.1) is 85.4 Å². The first-order valence-corrected chi connectivity index (χ1v) is 40.7. The van der Waals surface area contributed by atoms with Gasteiger partial charge in [0.25, 0.3) is 35.4 Å². The highest BCUT2D eigenvalue weighted by atomic mass is 79.9. The lowest BCUT2D eigenvalue weighted by Gasteiger charge is -2.26. The molecular formula is C93H78BrN15O20. The number of anilines is 1. The molecule has 5 fully saturated rings. The largest absolute Gasteiger partial charge is 0.507 e. The topological polar surface area (TPSA) is 429 Å². The second kappa shape index (κ2) is 36.5. The lowest BCUT2D eigenvalue weighted by molar-refractivity contribution is -0.128. The van der Waals surface area contributed by atoms with Crippen molar-refractivity contribution in [2.45, 2.75) is 62.9 Å². The summed E-state index contributed by atoms with van der Waals surface area (Å²) in [6.45, 7) is 1.66. The first kappa shape index (κ1) is 87.6. The van der Waals surface area contributed by atoms with Crippen molar-refractivity contribution in [3.8, 4) is 93.6 Å². The van der Waals surface area contributed by atoms with Crippen LogP contribution in [0.1, 0.15) is 112 Å². The minimum absolute atomic E-state index is 0.00770. The van der Waals surface area contributed by atoms with Crippen molar-refractivity contribution < 1.29 is 95.9 Å². The van der Waals surface area contributed by atoms with E-state index in [2.05, 4.69) is 110 Å². The van der Waals surface area contributed by atoms with Crippen LogP contribution in [0, 0.1) is 58.2 Å². The third-order valence-corrected chi connectivity index (χ3v) is 22.9. The zero-order valence-corrected chi connectivity index (χ0v) is 71.5. The van der Waals surface area contributed by atoms with Crippen molar-refractivity contribution in [2.24, 2.45) is 10.8 Å². The molecule has 0 saturated carbocycles. The number of nitrogens with zero attached hydrogens (tertiary/aromatic N) is 9. The minimum Gasteiger partial charge on any atom is -0.507 e. The highest BCUT2D eigenvalue weighted by Gasteiger charge is 2.53. The number of benzene rings is 7. The van der Waals surface area contributed by atoms with E-state index in [1.165, 1.54) is 69.8 Å². The number of hydrogen-bond acceptors (Lipinski definition) is 23. The summed E-state index contributed by atoms with van der Waals surface area (Å²) >= 11 is 3.32. The number of carbonyl (C=O) groups excluding carboxylic acids is 13. The average molecular weight is 1810 g/mol. The molecular weight excluding hydrogens is 1730 g/mol. The SMILES string of the molecule is COc1ccc2c(c1)C(=O)N(C[C@@]1(C#Cc3cc(Br)ccc3O)CC(=O)NC1=O)C2.COc1ccc2c(c1)C(=O)N(C[C@@]1(C#Cc3ccc(-n4cncn4)cc3)NC(=O)NC1=O)C2.COc1ccc2c(c1)C(=O)N(C[C@@]1(C#Cc3ccc(N4CCCC4=O)cc3)CC(=O)NC1=O)C2.COc1ccc2c(c1)C(=O)N(C[C@@]1(C#Cc3ccc(OC)nc3OC)NC(=O)NC1=O)C2. The second-order valence-electron chi connectivity index (χ2n) is 30.8. The summed E-state index contributed by atoms with van der Waals surface area (Å²) in [5.41, 5.74) is 2.97. The molecule has 15 amide bonds. The fraction of sp³-hybridized carbons (Fsp3) is 0.247. The zero-order chi connectivity index (χ0) is 91.2. The molecule has 35 nitrogen and oxygen atoms in total. The number of rotatable bonds is 16. The first-order valence-electron chi connectivity index (χ1n) is 39.9. The molecule has 7 N–H and O–H groups in total. The van der Waals surface area contributed by atoms with E-state index in [9.17, 15) is 67.4 Å². The molecule has 0 bridgehead atoms.